The summed E-state index contributed by atoms with van der Waals surface area (Å²) >= 11 is 3.49. The van der Waals surface area contributed by atoms with Crippen LogP contribution in [0, 0.1) is 0 Å². The van der Waals surface area contributed by atoms with Crippen molar-refractivity contribution in [1.29, 1.82) is 0 Å². The lowest BCUT2D eigenvalue weighted by Gasteiger charge is -2.30. The van der Waals surface area contributed by atoms with Crippen molar-refractivity contribution >= 4 is 15.9 Å². The van der Waals surface area contributed by atoms with Crippen molar-refractivity contribution in [3.63, 3.8) is 0 Å². The predicted molar refractivity (Wildman–Crippen MR) is 79.7 cm³/mol. The van der Waals surface area contributed by atoms with Crippen LogP contribution in [0.5, 0.6) is 17.2 Å². The summed E-state index contributed by atoms with van der Waals surface area (Å²) in [5.41, 5.74) is 1.80. The van der Waals surface area contributed by atoms with Gasteiger partial charge in [0.1, 0.15) is 11.9 Å². The van der Waals surface area contributed by atoms with Gasteiger partial charge in [0, 0.05) is 12.0 Å². The largest absolute Gasteiger partial charge is 0.485 e. The van der Waals surface area contributed by atoms with Gasteiger partial charge >= 0.3 is 0 Å². The minimum Gasteiger partial charge on any atom is -0.485 e. The van der Waals surface area contributed by atoms with Crippen LogP contribution in [0.1, 0.15) is 29.8 Å². The lowest BCUT2D eigenvalue weighted by Crippen LogP contribution is -2.18. The number of aliphatic hydroxyl groups is 1. The van der Waals surface area contributed by atoms with Crippen LogP contribution in [0.3, 0.4) is 0 Å². The zero-order valence-electron chi connectivity index (χ0n) is 11.1. The first-order valence-corrected chi connectivity index (χ1v) is 7.54. The van der Waals surface area contributed by atoms with Crippen molar-refractivity contribution in [2.45, 2.75) is 18.6 Å². The van der Waals surface area contributed by atoms with E-state index in [0.717, 1.165) is 27.1 Å². The highest BCUT2D eigenvalue weighted by Gasteiger charge is 2.29. The minimum absolute atomic E-state index is 0.208. The van der Waals surface area contributed by atoms with Gasteiger partial charge in [0.05, 0.1) is 10.6 Å². The van der Waals surface area contributed by atoms with Gasteiger partial charge in [0.15, 0.2) is 11.5 Å². The molecule has 0 saturated carbocycles. The number of ether oxygens (including phenoxy) is 3. The highest BCUT2D eigenvalue weighted by atomic mass is 79.9. The first-order valence-electron chi connectivity index (χ1n) is 6.75. The second kappa shape index (κ2) is 4.93. The average Bonchev–Trinajstić information content (AvgIpc) is 2.96. The minimum atomic E-state index is -0.524. The molecule has 0 aromatic heterocycles. The van der Waals surface area contributed by atoms with Gasteiger partial charge in [-0.1, -0.05) is 18.2 Å². The summed E-state index contributed by atoms with van der Waals surface area (Å²) in [5, 5.41) is 10.3. The van der Waals surface area contributed by atoms with E-state index in [2.05, 4.69) is 15.9 Å². The molecule has 0 saturated heterocycles. The summed E-state index contributed by atoms with van der Waals surface area (Å²) in [6.07, 6.45) is -0.215. The van der Waals surface area contributed by atoms with E-state index in [1.807, 2.05) is 36.4 Å². The third kappa shape index (κ3) is 2.17. The van der Waals surface area contributed by atoms with Crippen LogP contribution in [0.2, 0.25) is 0 Å². The van der Waals surface area contributed by atoms with E-state index in [1.165, 1.54) is 0 Å². The summed E-state index contributed by atoms with van der Waals surface area (Å²) in [6.45, 7) is 0.231. The van der Waals surface area contributed by atoms with Crippen molar-refractivity contribution < 1.29 is 19.3 Å². The number of halogens is 1. The van der Waals surface area contributed by atoms with Crippen molar-refractivity contribution in [2.24, 2.45) is 0 Å². The van der Waals surface area contributed by atoms with E-state index < -0.39 is 6.10 Å². The molecule has 0 bridgehead atoms. The molecule has 21 heavy (non-hydrogen) atoms. The van der Waals surface area contributed by atoms with Crippen LogP contribution in [-0.4, -0.2) is 11.9 Å². The Balaban J connectivity index is 1.71. The molecular formula is C16H13BrO4. The van der Waals surface area contributed by atoms with Crippen LogP contribution in [0.15, 0.2) is 40.9 Å². The number of fused-ring (bicyclic) bond motifs is 2. The first-order chi connectivity index (χ1) is 10.2. The fourth-order valence-corrected chi connectivity index (χ4v) is 3.35. The maximum atomic E-state index is 10.3. The standard InChI is InChI=1S/C16H13BrO4/c17-11-5-9(6-15-16(11)20-8-19-15)14-7-12(18)10-3-1-2-4-13(10)21-14/h1-6,12,14,18H,7-8H2/t12-,14?/m1/s1. The maximum Gasteiger partial charge on any atom is 0.231 e. The van der Waals surface area contributed by atoms with E-state index in [4.69, 9.17) is 14.2 Å². The van der Waals surface area contributed by atoms with E-state index in [9.17, 15) is 5.11 Å². The molecule has 2 aliphatic heterocycles. The monoisotopic (exact) mass is 348 g/mol. The fraction of sp³-hybridized carbons (Fsp3) is 0.250. The van der Waals surface area contributed by atoms with Gasteiger partial charge in [-0.3, -0.25) is 0 Å². The summed E-state index contributed by atoms with van der Waals surface area (Å²) in [7, 11) is 0. The summed E-state index contributed by atoms with van der Waals surface area (Å²) < 4.78 is 17.7. The summed E-state index contributed by atoms with van der Waals surface area (Å²) in [4.78, 5) is 0. The van der Waals surface area contributed by atoms with E-state index in [-0.39, 0.29) is 12.9 Å². The molecule has 2 atom stereocenters. The summed E-state index contributed by atoms with van der Waals surface area (Å²) in [6, 6.07) is 11.5. The molecule has 4 rings (SSSR count). The first kappa shape index (κ1) is 13.0. The second-order valence-corrected chi connectivity index (χ2v) is 5.99. The number of para-hydroxylation sites is 1. The zero-order valence-corrected chi connectivity index (χ0v) is 12.7. The quantitative estimate of drug-likeness (QED) is 0.852. The molecule has 0 amide bonds. The smallest absolute Gasteiger partial charge is 0.231 e. The van der Waals surface area contributed by atoms with Gasteiger partial charge in [-0.2, -0.15) is 0 Å². The molecule has 0 aliphatic carbocycles. The van der Waals surface area contributed by atoms with E-state index in [0.29, 0.717) is 12.2 Å². The molecule has 4 nitrogen and oxygen atoms in total. The molecule has 1 unspecified atom stereocenters. The lowest BCUT2D eigenvalue weighted by molar-refractivity contribution is 0.0656. The Bertz CT molecular complexity index is 701. The maximum absolute atomic E-state index is 10.3. The molecule has 0 spiro atoms. The molecule has 1 N–H and O–H groups in total. The molecule has 2 aromatic rings. The molecule has 2 heterocycles. The average molecular weight is 349 g/mol. The second-order valence-electron chi connectivity index (χ2n) is 5.13. The molecule has 5 heteroatoms. The topological polar surface area (TPSA) is 47.9 Å². The van der Waals surface area contributed by atoms with Crippen LogP contribution in [0.4, 0.5) is 0 Å². The van der Waals surface area contributed by atoms with Crippen molar-refractivity contribution in [3.05, 3.63) is 52.0 Å². The van der Waals surface area contributed by atoms with Crippen molar-refractivity contribution in [3.8, 4) is 17.2 Å². The highest BCUT2D eigenvalue weighted by molar-refractivity contribution is 9.10. The third-order valence-corrected chi connectivity index (χ3v) is 4.39. The van der Waals surface area contributed by atoms with Crippen LogP contribution < -0.4 is 14.2 Å². The number of aliphatic hydroxyl groups excluding tert-OH is 1. The summed E-state index contributed by atoms with van der Waals surface area (Å²) in [5.74, 6) is 2.15. The SMILES string of the molecule is O[C@@H]1CC(c2cc(Br)c3c(c2)OCO3)Oc2ccccc21. The Kier molecular flexibility index (Phi) is 3.05. The molecule has 0 fully saturated rings. The normalized spacial score (nSPS) is 22.6. The Morgan fingerprint density at radius 1 is 1.10 bits per heavy atom. The lowest BCUT2D eigenvalue weighted by atomic mass is 9.95. The Labute approximate surface area is 130 Å². The number of benzene rings is 2. The van der Waals surface area contributed by atoms with Crippen LogP contribution >= 0.6 is 15.9 Å². The van der Waals surface area contributed by atoms with E-state index >= 15 is 0 Å². The predicted octanol–water partition coefficient (Wildman–Crippen LogP) is 3.74. The Morgan fingerprint density at radius 2 is 1.95 bits per heavy atom. The van der Waals surface area contributed by atoms with E-state index in [1.54, 1.807) is 0 Å². The van der Waals surface area contributed by atoms with Gasteiger partial charge < -0.3 is 19.3 Å². The van der Waals surface area contributed by atoms with Gasteiger partial charge in [0.25, 0.3) is 0 Å². The Morgan fingerprint density at radius 3 is 2.86 bits per heavy atom. The fourth-order valence-electron chi connectivity index (χ4n) is 2.77. The number of hydrogen-bond donors (Lipinski definition) is 1. The van der Waals surface area contributed by atoms with Gasteiger partial charge in [-0.05, 0) is 39.7 Å². The zero-order chi connectivity index (χ0) is 14.4. The van der Waals surface area contributed by atoms with Crippen molar-refractivity contribution in [1.82, 2.24) is 0 Å². The Hall–Kier alpha value is -1.72. The molecule has 0 radical (unpaired) electrons. The molecule has 108 valence electrons. The van der Waals surface area contributed by atoms with Crippen LogP contribution in [-0.2, 0) is 0 Å². The number of rotatable bonds is 1. The highest BCUT2D eigenvalue weighted by Crippen LogP contribution is 2.45. The van der Waals surface area contributed by atoms with Gasteiger partial charge in [-0.15, -0.1) is 0 Å². The third-order valence-electron chi connectivity index (χ3n) is 3.81. The van der Waals surface area contributed by atoms with Crippen molar-refractivity contribution in [2.75, 3.05) is 6.79 Å². The van der Waals surface area contributed by atoms with Crippen LogP contribution in [0.25, 0.3) is 0 Å². The molecule has 2 aromatic carbocycles. The van der Waals surface area contributed by atoms with Gasteiger partial charge in [0.2, 0.25) is 6.79 Å². The number of hydrogen-bond acceptors (Lipinski definition) is 4. The molecule has 2 aliphatic rings. The van der Waals surface area contributed by atoms with Gasteiger partial charge in [-0.25, -0.2) is 0 Å². The molecular weight excluding hydrogens is 336 g/mol.